The van der Waals surface area contributed by atoms with Gasteiger partial charge in [-0.2, -0.15) is 10.1 Å². The number of ether oxygens (including phenoxy) is 1. The first-order chi connectivity index (χ1) is 12.5. The summed E-state index contributed by atoms with van der Waals surface area (Å²) in [7, 11) is 0. The molecule has 1 aliphatic heterocycles. The minimum atomic E-state index is -0.551. The maximum Gasteiger partial charge on any atom is 0.340 e. The first-order valence-corrected chi connectivity index (χ1v) is 8.28. The van der Waals surface area contributed by atoms with Crippen molar-refractivity contribution in [3.8, 4) is 0 Å². The summed E-state index contributed by atoms with van der Waals surface area (Å²) in [6.07, 6.45) is 1.46. The molecule has 7 nitrogen and oxygen atoms in total. The van der Waals surface area contributed by atoms with E-state index in [0.717, 1.165) is 10.6 Å². The molecule has 1 aliphatic rings. The third kappa shape index (κ3) is 2.92. The van der Waals surface area contributed by atoms with E-state index in [1.54, 1.807) is 25.3 Å². The van der Waals surface area contributed by atoms with Gasteiger partial charge in [0.1, 0.15) is 12.2 Å². The predicted octanol–water partition coefficient (Wildman–Crippen LogP) is 2.30. The molecule has 3 rings (SSSR count). The third-order valence-electron chi connectivity index (χ3n) is 4.29. The van der Waals surface area contributed by atoms with Gasteiger partial charge in [0.2, 0.25) is 0 Å². The molecule has 2 aromatic rings. The van der Waals surface area contributed by atoms with Crippen molar-refractivity contribution in [1.29, 1.82) is 0 Å². The fourth-order valence-electron chi connectivity index (χ4n) is 3.07. The highest BCUT2D eigenvalue weighted by atomic mass is 16.5. The molecule has 0 saturated carbocycles. The molecule has 1 aromatic heterocycles. The summed E-state index contributed by atoms with van der Waals surface area (Å²) in [5.74, 6) is -1.50. The number of fused-ring (bicyclic) bond motifs is 1. The molecule has 7 heteroatoms. The minimum Gasteiger partial charge on any atom is -0.462 e. The lowest BCUT2D eigenvalue weighted by molar-refractivity contribution is -0.130. The lowest BCUT2D eigenvalue weighted by Gasteiger charge is -2.23. The van der Waals surface area contributed by atoms with Crippen molar-refractivity contribution in [3.05, 3.63) is 58.4 Å². The van der Waals surface area contributed by atoms with Crippen molar-refractivity contribution in [2.45, 2.75) is 27.3 Å². The number of carbonyl (C=O) groups excluding carboxylic acids is 3. The normalized spacial score (nSPS) is 14.0. The van der Waals surface area contributed by atoms with Crippen molar-refractivity contribution < 1.29 is 19.1 Å². The minimum absolute atomic E-state index is 0.0563. The molecule has 0 aliphatic carbocycles. The van der Waals surface area contributed by atoms with E-state index in [1.807, 2.05) is 30.3 Å². The van der Waals surface area contributed by atoms with Gasteiger partial charge in [0.25, 0.3) is 11.8 Å². The Balaban J connectivity index is 1.99. The second kappa shape index (κ2) is 6.95. The molecule has 0 unspecified atom stereocenters. The van der Waals surface area contributed by atoms with Gasteiger partial charge in [-0.25, -0.2) is 4.79 Å². The van der Waals surface area contributed by atoms with Gasteiger partial charge in [0.05, 0.1) is 18.4 Å². The summed E-state index contributed by atoms with van der Waals surface area (Å²) < 4.78 is 6.63. The van der Waals surface area contributed by atoms with Crippen molar-refractivity contribution in [2.75, 3.05) is 6.61 Å². The molecule has 0 saturated heterocycles. The fraction of sp³-hybridized carbons (Fsp3) is 0.263. The monoisotopic (exact) mass is 353 g/mol. The van der Waals surface area contributed by atoms with Crippen LogP contribution < -0.4 is 0 Å². The fourth-order valence-corrected chi connectivity index (χ4v) is 3.07. The van der Waals surface area contributed by atoms with Gasteiger partial charge in [-0.05, 0) is 31.9 Å². The molecule has 2 heterocycles. The first kappa shape index (κ1) is 17.6. The van der Waals surface area contributed by atoms with Gasteiger partial charge in [0, 0.05) is 5.69 Å². The molecule has 1 aromatic carbocycles. The van der Waals surface area contributed by atoms with E-state index in [4.69, 9.17) is 4.74 Å². The second-order valence-electron chi connectivity index (χ2n) is 5.91. The van der Waals surface area contributed by atoms with Crippen molar-refractivity contribution in [3.63, 3.8) is 0 Å². The van der Waals surface area contributed by atoms with Crippen LogP contribution in [0.15, 0.2) is 35.4 Å². The van der Waals surface area contributed by atoms with Crippen LogP contribution in [0.2, 0.25) is 0 Å². The maximum atomic E-state index is 12.8. The Morgan fingerprint density at radius 3 is 2.58 bits per heavy atom. The summed E-state index contributed by atoms with van der Waals surface area (Å²) in [6, 6.07) is 9.18. The average molecular weight is 353 g/mol. The van der Waals surface area contributed by atoms with Crippen molar-refractivity contribution in [1.82, 2.24) is 9.58 Å². The SMILES string of the molecule is CCOC(=O)c1c(C)c2n(c1C)CC(=O)N(/N=C/c1ccccc1)C2=O. The van der Waals surface area contributed by atoms with E-state index in [2.05, 4.69) is 5.10 Å². The zero-order chi connectivity index (χ0) is 18.8. The number of esters is 1. The summed E-state index contributed by atoms with van der Waals surface area (Å²) in [5.41, 5.74) is 2.43. The Kier molecular flexibility index (Phi) is 4.71. The number of rotatable bonds is 4. The van der Waals surface area contributed by atoms with Crippen LogP contribution in [0.5, 0.6) is 0 Å². The van der Waals surface area contributed by atoms with Gasteiger partial charge in [-0.3, -0.25) is 9.59 Å². The van der Waals surface area contributed by atoms with Crippen LogP contribution >= 0.6 is 0 Å². The zero-order valence-corrected chi connectivity index (χ0v) is 14.9. The molecule has 0 bridgehead atoms. The number of nitrogens with zero attached hydrogens (tertiary/aromatic N) is 3. The third-order valence-corrected chi connectivity index (χ3v) is 4.29. The number of hydrogen-bond donors (Lipinski definition) is 0. The van der Waals surface area contributed by atoms with Crippen LogP contribution in [0.25, 0.3) is 0 Å². The molecule has 0 radical (unpaired) electrons. The topological polar surface area (TPSA) is 81.0 Å². The number of benzene rings is 1. The standard InChI is InChI=1S/C19H19N3O4/c1-4-26-19(25)16-12(2)17-18(24)22(15(23)11-21(17)13(16)3)20-10-14-8-6-5-7-9-14/h5-10H,4,11H2,1-3H3/b20-10+. The number of carbonyl (C=O) groups is 3. The van der Waals surface area contributed by atoms with E-state index in [0.29, 0.717) is 16.8 Å². The lowest BCUT2D eigenvalue weighted by Crippen LogP contribution is -2.42. The highest BCUT2D eigenvalue weighted by Crippen LogP contribution is 2.27. The van der Waals surface area contributed by atoms with Gasteiger partial charge >= 0.3 is 5.97 Å². The van der Waals surface area contributed by atoms with Gasteiger partial charge in [0.15, 0.2) is 0 Å². The number of aromatic nitrogens is 1. The van der Waals surface area contributed by atoms with E-state index >= 15 is 0 Å². The van der Waals surface area contributed by atoms with Crippen LogP contribution in [0.3, 0.4) is 0 Å². The van der Waals surface area contributed by atoms with Crippen molar-refractivity contribution >= 4 is 24.0 Å². The van der Waals surface area contributed by atoms with E-state index in [9.17, 15) is 14.4 Å². The molecule has 2 amide bonds. The summed E-state index contributed by atoms with van der Waals surface area (Å²) in [4.78, 5) is 37.5. The van der Waals surface area contributed by atoms with Crippen molar-refractivity contribution in [2.24, 2.45) is 5.10 Å². The molecule has 0 fully saturated rings. The highest BCUT2D eigenvalue weighted by molar-refractivity contribution is 6.09. The molecular formula is C19H19N3O4. The number of imide groups is 1. The Bertz CT molecular complexity index is 913. The van der Waals surface area contributed by atoms with E-state index < -0.39 is 17.8 Å². The lowest BCUT2D eigenvalue weighted by atomic mass is 10.1. The number of hydrogen-bond acceptors (Lipinski definition) is 5. The van der Waals surface area contributed by atoms with Gasteiger partial charge < -0.3 is 9.30 Å². The highest BCUT2D eigenvalue weighted by Gasteiger charge is 2.37. The molecular weight excluding hydrogens is 334 g/mol. The molecule has 0 N–H and O–H groups in total. The van der Waals surface area contributed by atoms with E-state index in [-0.39, 0.29) is 18.8 Å². The first-order valence-electron chi connectivity index (χ1n) is 8.28. The quantitative estimate of drug-likeness (QED) is 0.480. The predicted molar refractivity (Wildman–Crippen MR) is 95.1 cm³/mol. The van der Waals surface area contributed by atoms with Crippen LogP contribution in [0.1, 0.15) is 44.6 Å². The summed E-state index contributed by atoms with van der Waals surface area (Å²) in [5, 5.41) is 4.91. The smallest absolute Gasteiger partial charge is 0.340 e. The van der Waals surface area contributed by atoms with Crippen LogP contribution in [-0.4, -0.2) is 40.2 Å². The zero-order valence-electron chi connectivity index (χ0n) is 14.9. The summed E-state index contributed by atoms with van der Waals surface area (Å²) >= 11 is 0. The maximum absolute atomic E-state index is 12.8. The molecule has 0 spiro atoms. The van der Waals surface area contributed by atoms with Crippen LogP contribution in [0.4, 0.5) is 0 Å². The Hall–Kier alpha value is -3.22. The van der Waals surface area contributed by atoms with Crippen LogP contribution in [0, 0.1) is 13.8 Å². The number of hydrazone groups is 1. The second-order valence-corrected chi connectivity index (χ2v) is 5.91. The van der Waals surface area contributed by atoms with Gasteiger partial charge in [-0.15, -0.1) is 0 Å². The largest absolute Gasteiger partial charge is 0.462 e. The van der Waals surface area contributed by atoms with E-state index in [1.165, 1.54) is 6.21 Å². The Morgan fingerprint density at radius 2 is 1.92 bits per heavy atom. The average Bonchev–Trinajstić information content (AvgIpc) is 2.86. The van der Waals surface area contributed by atoms with Crippen LogP contribution in [-0.2, 0) is 16.1 Å². The molecule has 0 atom stereocenters. The molecule has 134 valence electrons. The summed E-state index contributed by atoms with van der Waals surface area (Å²) in [6.45, 7) is 5.27. The molecule has 26 heavy (non-hydrogen) atoms. The van der Waals surface area contributed by atoms with Gasteiger partial charge in [-0.1, -0.05) is 30.3 Å². The Labute approximate surface area is 150 Å². The number of amides is 2. The Morgan fingerprint density at radius 1 is 1.23 bits per heavy atom.